The summed E-state index contributed by atoms with van der Waals surface area (Å²) in [6.45, 7) is 4.01. The summed E-state index contributed by atoms with van der Waals surface area (Å²) in [5.41, 5.74) is 1.02. The number of aryl methyl sites for hydroxylation is 1. The van der Waals surface area contributed by atoms with Gasteiger partial charge in [0.2, 0.25) is 5.95 Å². The summed E-state index contributed by atoms with van der Waals surface area (Å²) in [5.74, 6) is 2.18. The molecule has 3 nitrogen and oxygen atoms in total. The lowest BCUT2D eigenvalue weighted by Gasteiger charge is -2.15. The first-order chi connectivity index (χ1) is 6.79. The number of aromatic nitrogens is 2. The number of alkyl halides is 1. The van der Waals surface area contributed by atoms with Gasteiger partial charge in [0.15, 0.2) is 0 Å². The lowest BCUT2D eigenvalue weighted by atomic mass is 10.2. The smallest absolute Gasteiger partial charge is 0.225 e. The minimum atomic E-state index is 0.598. The van der Waals surface area contributed by atoms with Crippen LogP contribution in [0.3, 0.4) is 0 Å². The number of halogens is 1. The second-order valence-corrected chi connectivity index (χ2v) is 4.06. The van der Waals surface area contributed by atoms with E-state index in [-0.39, 0.29) is 0 Å². The number of hydrogen-bond acceptors (Lipinski definition) is 3. The highest BCUT2D eigenvalue weighted by molar-refractivity contribution is 6.18. The zero-order valence-electron chi connectivity index (χ0n) is 8.28. The highest BCUT2D eigenvalue weighted by atomic mass is 35.5. The molecule has 1 fully saturated rings. The van der Waals surface area contributed by atoms with Gasteiger partial charge in [0.1, 0.15) is 0 Å². The van der Waals surface area contributed by atoms with Crippen LogP contribution in [0.5, 0.6) is 0 Å². The van der Waals surface area contributed by atoms with E-state index < -0.39 is 0 Å². The largest absolute Gasteiger partial charge is 0.340 e. The van der Waals surface area contributed by atoms with Crippen LogP contribution < -0.4 is 4.90 Å². The van der Waals surface area contributed by atoms with Gasteiger partial charge in [-0.05, 0) is 25.3 Å². The second-order valence-electron chi connectivity index (χ2n) is 3.75. The van der Waals surface area contributed by atoms with E-state index in [1.807, 2.05) is 19.2 Å². The number of hydrogen-bond donors (Lipinski definition) is 0. The fourth-order valence-corrected chi connectivity index (χ4v) is 1.98. The van der Waals surface area contributed by atoms with Gasteiger partial charge in [-0.2, -0.15) is 0 Å². The number of nitrogens with zero attached hydrogens (tertiary/aromatic N) is 3. The summed E-state index contributed by atoms with van der Waals surface area (Å²) in [4.78, 5) is 10.9. The fraction of sp³-hybridized carbons (Fsp3) is 0.600. The van der Waals surface area contributed by atoms with Crippen molar-refractivity contribution >= 4 is 17.5 Å². The van der Waals surface area contributed by atoms with Crippen LogP contribution in [0, 0.1) is 12.8 Å². The predicted molar refractivity (Wildman–Crippen MR) is 57.8 cm³/mol. The Morgan fingerprint density at radius 3 is 3.14 bits per heavy atom. The third kappa shape index (κ3) is 1.98. The summed E-state index contributed by atoms with van der Waals surface area (Å²) in [6.07, 6.45) is 2.96. The Labute approximate surface area is 89.1 Å². The Morgan fingerprint density at radius 2 is 2.50 bits per heavy atom. The molecule has 4 heteroatoms. The molecule has 0 N–H and O–H groups in total. The number of anilines is 1. The molecule has 1 atom stereocenters. The molecule has 1 aromatic heterocycles. The van der Waals surface area contributed by atoms with Crippen molar-refractivity contribution in [1.29, 1.82) is 0 Å². The molecule has 0 radical (unpaired) electrons. The molecule has 1 aromatic rings. The van der Waals surface area contributed by atoms with Gasteiger partial charge >= 0.3 is 0 Å². The van der Waals surface area contributed by atoms with Crippen LogP contribution in [0.1, 0.15) is 12.1 Å². The topological polar surface area (TPSA) is 29.0 Å². The minimum absolute atomic E-state index is 0.598. The zero-order chi connectivity index (χ0) is 9.97. The van der Waals surface area contributed by atoms with Crippen molar-refractivity contribution in [2.75, 3.05) is 23.9 Å². The van der Waals surface area contributed by atoms with E-state index in [1.54, 1.807) is 0 Å². The van der Waals surface area contributed by atoms with Crippen molar-refractivity contribution < 1.29 is 0 Å². The molecule has 0 aromatic carbocycles. The van der Waals surface area contributed by atoms with Gasteiger partial charge in [-0.25, -0.2) is 9.97 Å². The molecule has 0 amide bonds. The average Bonchev–Trinajstić information content (AvgIpc) is 2.66. The number of rotatable bonds is 2. The van der Waals surface area contributed by atoms with E-state index >= 15 is 0 Å². The summed E-state index contributed by atoms with van der Waals surface area (Å²) >= 11 is 5.82. The van der Waals surface area contributed by atoms with Crippen LogP contribution in [-0.4, -0.2) is 28.9 Å². The van der Waals surface area contributed by atoms with Gasteiger partial charge in [0.25, 0.3) is 0 Å². The zero-order valence-corrected chi connectivity index (χ0v) is 9.04. The van der Waals surface area contributed by atoms with E-state index in [4.69, 9.17) is 11.6 Å². The second kappa shape index (κ2) is 4.13. The molecule has 2 rings (SSSR count). The Hall–Kier alpha value is -0.830. The molecule has 0 bridgehead atoms. The maximum absolute atomic E-state index is 5.82. The molecular weight excluding hydrogens is 198 g/mol. The first-order valence-corrected chi connectivity index (χ1v) is 5.43. The summed E-state index contributed by atoms with van der Waals surface area (Å²) in [5, 5.41) is 0. The molecule has 2 heterocycles. The van der Waals surface area contributed by atoms with Crippen molar-refractivity contribution in [1.82, 2.24) is 9.97 Å². The summed E-state index contributed by atoms with van der Waals surface area (Å²) < 4.78 is 0. The molecule has 14 heavy (non-hydrogen) atoms. The average molecular weight is 212 g/mol. The summed E-state index contributed by atoms with van der Waals surface area (Å²) in [6, 6.07) is 1.92. The van der Waals surface area contributed by atoms with E-state index in [0.29, 0.717) is 5.92 Å². The van der Waals surface area contributed by atoms with Gasteiger partial charge in [0, 0.05) is 30.9 Å². The minimum Gasteiger partial charge on any atom is -0.340 e. The van der Waals surface area contributed by atoms with E-state index in [2.05, 4.69) is 14.9 Å². The van der Waals surface area contributed by atoms with Crippen molar-refractivity contribution in [3.63, 3.8) is 0 Å². The van der Waals surface area contributed by atoms with Gasteiger partial charge < -0.3 is 4.90 Å². The van der Waals surface area contributed by atoms with Crippen molar-refractivity contribution in [3.05, 3.63) is 18.0 Å². The quantitative estimate of drug-likeness (QED) is 0.700. The van der Waals surface area contributed by atoms with Crippen molar-refractivity contribution in [3.8, 4) is 0 Å². The molecule has 1 aliphatic rings. The lowest BCUT2D eigenvalue weighted by Crippen LogP contribution is -2.22. The van der Waals surface area contributed by atoms with Crippen LogP contribution in [0.2, 0.25) is 0 Å². The van der Waals surface area contributed by atoms with E-state index in [1.165, 1.54) is 0 Å². The molecule has 76 valence electrons. The van der Waals surface area contributed by atoms with E-state index in [0.717, 1.165) is 37.0 Å². The Bertz CT molecular complexity index is 316. The van der Waals surface area contributed by atoms with Crippen LogP contribution in [-0.2, 0) is 0 Å². The highest BCUT2D eigenvalue weighted by Crippen LogP contribution is 2.21. The fourth-order valence-electron chi connectivity index (χ4n) is 1.73. The van der Waals surface area contributed by atoms with Gasteiger partial charge in [-0.15, -0.1) is 11.6 Å². The van der Waals surface area contributed by atoms with Crippen LogP contribution in [0.15, 0.2) is 12.3 Å². The molecule has 0 aliphatic carbocycles. The predicted octanol–water partition coefficient (Wildman–Crippen LogP) is 1.85. The maximum Gasteiger partial charge on any atom is 0.225 e. The molecular formula is C10H14ClN3. The van der Waals surface area contributed by atoms with Crippen molar-refractivity contribution in [2.24, 2.45) is 5.92 Å². The Kier molecular flexibility index (Phi) is 2.87. The third-order valence-corrected chi connectivity index (χ3v) is 3.01. The van der Waals surface area contributed by atoms with Gasteiger partial charge in [-0.1, -0.05) is 0 Å². The highest BCUT2D eigenvalue weighted by Gasteiger charge is 2.23. The standard InChI is InChI=1S/C10H14ClN3/c1-8-2-4-12-10(13-8)14-5-3-9(6-11)7-14/h2,4,9H,3,5-7H2,1H3. The van der Waals surface area contributed by atoms with E-state index in [9.17, 15) is 0 Å². The molecule has 0 saturated carbocycles. The normalized spacial score (nSPS) is 21.6. The first-order valence-electron chi connectivity index (χ1n) is 4.90. The first kappa shape index (κ1) is 9.71. The van der Waals surface area contributed by atoms with Gasteiger partial charge in [-0.3, -0.25) is 0 Å². The lowest BCUT2D eigenvalue weighted by molar-refractivity contribution is 0.665. The SMILES string of the molecule is Cc1ccnc(N2CCC(CCl)C2)n1. The third-order valence-electron chi connectivity index (χ3n) is 2.57. The van der Waals surface area contributed by atoms with Crippen LogP contribution >= 0.6 is 11.6 Å². The van der Waals surface area contributed by atoms with Gasteiger partial charge in [0.05, 0.1) is 0 Å². The Balaban J connectivity index is 2.09. The molecule has 1 saturated heterocycles. The molecule has 1 aliphatic heterocycles. The van der Waals surface area contributed by atoms with Crippen LogP contribution in [0.4, 0.5) is 5.95 Å². The molecule has 0 spiro atoms. The van der Waals surface area contributed by atoms with Crippen LogP contribution in [0.25, 0.3) is 0 Å². The summed E-state index contributed by atoms with van der Waals surface area (Å²) in [7, 11) is 0. The molecule has 1 unspecified atom stereocenters. The Morgan fingerprint density at radius 1 is 1.64 bits per heavy atom. The monoisotopic (exact) mass is 211 g/mol. The maximum atomic E-state index is 5.82. The van der Waals surface area contributed by atoms with Crippen molar-refractivity contribution in [2.45, 2.75) is 13.3 Å².